The highest BCUT2D eigenvalue weighted by molar-refractivity contribution is 5.90. The molecule has 0 aliphatic carbocycles. The van der Waals surface area contributed by atoms with Crippen molar-refractivity contribution in [2.75, 3.05) is 49.5 Å². The van der Waals surface area contributed by atoms with Crippen molar-refractivity contribution in [2.45, 2.75) is 18.9 Å². The van der Waals surface area contributed by atoms with Crippen molar-refractivity contribution in [3.05, 3.63) is 84.2 Å². The second kappa shape index (κ2) is 10.8. The molecule has 1 aromatic heterocycles. The number of nitrogens with one attached hydrogen (secondary N) is 2. The Labute approximate surface area is 221 Å². The fourth-order valence-corrected chi connectivity index (χ4v) is 5.42. The normalized spacial score (nSPS) is 17.7. The van der Waals surface area contributed by atoms with Gasteiger partial charge in [-0.05, 0) is 47.4 Å². The summed E-state index contributed by atoms with van der Waals surface area (Å²) in [5, 5.41) is 7.96. The maximum Gasteiger partial charge on any atom is 0.227 e. The van der Waals surface area contributed by atoms with Crippen molar-refractivity contribution in [3.63, 3.8) is 0 Å². The molecule has 0 spiro atoms. The fourth-order valence-electron chi connectivity index (χ4n) is 5.42. The molecule has 6 rings (SSSR count). The summed E-state index contributed by atoms with van der Waals surface area (Å²) in [4.78, 5) is 27.2. The van der Waals surface area contributed by atoms with E-state index in [-0.39, 0.29) is 24.2 Å². The highest BCUT2D eigenvalue weighted by atomic mass is 19.1. The van der Waals surface area contributed by atoms with Crippen molar-refractivity contribution < 1.29 is 9.18 Å². The van der Waals surface area contributed by atoms with E-state index in [1.807, 2.05) is 53.4 Å². The zero-order chi connectivity index (χ0) is 25.9. The van der Waals surface area contributed by atoms with Crippen LogP contribution in [0.1, 0.15) is 12.0 Å². The molecule has 0 radical (unpaired) electrons. The van der Waals surface area contributed by atoms with Gasteiger partial charge in [-0.2, -0.15) is 4.98 Å². The monoisotopic (exact) mass is 510 g/mol. The van der Waals surface area contributed by atoms with Crippen molar-refractivity contribution in [2.24, 2.45) is 0 Å². The maximum absolute atomic E-state index is 13.8. The lowest BCUT2D eigenvalue weighted by molar-refractivity contribution is -0.129. The van der Waals surface area contributed by atoms with Crippen molar-refractivity contribution in [1.82, 2.24) is 20.2 Å². The van der Waals surface area contributed by atoms with Gasteiger partial charge in [0.15, 0.2) is 0 Å². The van der Waals surface area contributed by atoms with Gasteiger partial charge in [0.1, 0.15) is 11.6 Å². The molecule has 7 nitrogen and oxygen atoms in total. The number of anilines is 2. The quantitative estimate of drug-likeness (QED) is 0.407. The summed E-state index contributed by atoms with van der Waals surface area (Å²) < 4.78 is 13.8. The van der Waals surface area contributed by atoms with Crippen molar-refractivity contribution in [3.8, 4) is 11.1 Å². The van der Waals surface area contributed by atoms with Crippen LogP contribution in [0.5, 0.6) is 0 Å². The predicted molar refractivity (Wildman–Crippen MR) is 149 cm³/mol. The second-order valence-corrected chi connectivity index (χ2v) is 9.94. The number of likely N-dealkylation sites (tertiary alicyclic amines) is 1. The molecule has 3 heterocycles. The van der Waals surface area contributed by atoms with E-state index in [1.165, 1.54) is 12.1 Å². The first kappa shape index (κ1) is 24.3. The zero-order valence-electron chi connectivity index (χ0n) is 21.2. The standard InChI is InChI=1S/C30H31FN6O/c31-23-8-5-7-21(18-23)25-9-2-1-6-22(25)19-28(38)37-15-12-24(20-37)33-30-34-27-11-4-3-10-26(27)29(35-30)36-16-13-32-14-17-36/h1-11,18,24,32H,12-17,19-20H2,(H,33,34,35)/t24-/m0/s1. The molecule has 4 aromatic rings. The van der Waals surface area contributed by atoms with Gasteiger partial charge in [0.25, 0.3) is 0 Å². The molecule has 0 saturated carbocycles. The first-order valence-electron chi connectivity index (χ1n) is 13.2. The van der Waals surface area contributed by atoms with Crippen LogP contribution in [0.2, 0.25) is 0 Å². The lowest BCUT2D eigenvalue weighted by atomic mass is 9.97. The van der Waals surface area contributed by atoms with E-state index in [2.05, 4.69) is 21.6 Å². The average Bonchev–Trinajstić information content (AvgIpc) is 3.42. The topological polar surface area (TPSA) is 73.4 Å². The first-order valence-corrected chi connectivity index (χ1v) is 13.2. The highest BCUT2D eigenvalue weighted by Gasteiger charge is 2.28. The number of amides is 1. The number of rotatable bonds is 6. The van der Waals surface area contributed by atoms with Gasteiger partial charge in [-0.1, -0.05) is 48.5 Å². The number of aromatic nitrogens is 2. The lowest BCUT2D eigenvalue weighted by Crippen LogP contribution is -2.44. The van der Waals surface area contributed by atoms with E-state index in [1.54, 1.807) is 6.07 Å². The summed E-state index contributed by atoms with van der Waals surface area (Å²) in [5.41, 5.74) is 3.48. The molecule has 2 aliphatic heterocycles. The Morgan fingerprint density at radius 3 is 2.66 bits per heavy atom. The zero-order valence-corrected chi connectivity index (χ0v) is 21.2. The Morgan fingerprint density at radius 2 is 1.79 bits per heavy atom. The third-order valence-corrected chi connectivity index (χ3v) is 7.37. The molecule has 8 heteroatoms. The van der Waals surface area contributed by atoms with E-state index in [9.17, 15) is 9.18 Å². The fraction of sp³-hybridized carbons (Fsp3) is 0.300. The van der Waals surface area contributed by atoms with Gasteiger partial charge in [0, 0.05) is 50.7 Å². The number of carbonyl (C=O) groups excluding carboxylic acids is 1. The summed E-state index contributed by atoms with van der Waals surface area (Å²) in [7, 11) is 0. The molecule has 2 aliphatic rings. The predicted octanol–water partition coefficient (Wildman–Crippen LogP) is 4.10. The van der Waals surface area contributed by atoms with E-state index in [4.69, 9.17) is 9.97 Å². The molecule has 2 fully saturated rings. The minimum absolute atomic E-state index is 0.0686. The van der Waals surface area contributed by atoms with Crippen LogP contribution in [-0.4, -0.2) is 66.1 Å². The Balaban J connectivity index is 1.16. The summed E-state index contributed by atoms with van der Waals surface area (Å²) in [6, 6.07) is 22.5. The summed E-state index contributed by atoms with van der Waals surface area (Å²) >= 11 is 0. The van der Waals surface area contributed by atoms with Crippen LogP contribution < -0.4 is 15.5 Å². The Kier molecular flexibility index (Phi) is 6.88. The largest absolute Gasteiger partial charge is 0.353 e. The second-order valence-electron chi connectivity index (χ2n) is 9.94. The molecule has 2 N–H and O–H groups in total. The minimum atomic E-state index is -0.284. The summed E-state index contributed by atoms with van der Waals surface area (Å²) in [5.74, 6) is 1.35. The summed E-state index contributed by atoms with van der Waals surface area (Å²) in [6.07, 6.45) is 1.11. The maximum atomic E-state index is 13.8. The van der Waals surface area contributed by atoms with Gasteiger partial charge < -0.3 is 20.4 Å². The molecule has 38 heavy (non-hydrogen) atoms. The van der Waals surface area contributed by atoms with Crippen LogP contribution >= 0.6 is 0 Å². The smallest absolute Gasteiger partial charge is 0.227 e. The number of hydrogen-bond donors (Lipinski definition) is 2. The van der Waals surface area contributed by atoms with E-state index in [0.29, 0.717) is 19.0 Å². The molecule has 0 unspecified atom stereocenters. The number of piperazine rings is 1. The lowest BCUT2D eigenvalue weighted by Gasteiger charge is -2.29. The molecular weight excluding hydrogens is 479 g/mol. The van der Waals surface area contributed by atoms with Crippen molar-refractivity contribution >= 4 is 28.6 Å². The van der Waals surface area contributed by atoms with Crippen molar-refractivity contribution in [1.29, 1.82) is 0 Å². The van der Waals surface area contributed by atoms with Gasteiger partial charge >= 0.3 is 0 Å². The van der Waals surface area contributed by atoms with E-state index < -0.39 is 0 Å². The summed E-state index contributed by atoms with van der Waals surface area (Å²) in [6.45, 7) is 4.95. The average molecular weight is 511 g/mol. The van der Waals surface area contributed by atoms with Crippen LogP contribution in [0.4, 0.5) is 16.2 Å². The number of hydrogen-bond acceptors (Lipinski definition) is 6. The van der Waals surface area contributed by atoms with Crippen LogP contribution in [0.25, 0.3) is 22.0 Å². The molecule has 3 aromatic carbocycles. The van der Waals surface area contributed by atoms with Crippen LogP contribution in [-0.2, 0) is 11.2 Å². The van der Waals surface area contributed by atoms with Crippen LogP contribution in [0.15, 0.2) is 72.8 Å². The van der Waals surface area contributed by atoms with E-state index in [0.717, 1.165) is 66.0 Å². The van der Waals surface area contributed by atoms with Gasteiger partial charge in [0.05, 0.1) is 11.9 Å². The number of para-hydroxylation sites is 1. The van der Waals surface area contributed by atoms with Gasteiger partial charge in [0.2, 0.25) is 11.9 Å². The Hall–Kier alpha value is -4.04. The number of nitrogens with zero attached hydrogens (tertiary/aromatic N) is 4. The number of halogens is 1. The van der Waals surface area contributed by atoms with Gasteiger partial charge in [-0.3, -0.25) is 4.79 Å². The first-order chi connectivity index (χ1) is 18.6. The molecule has 1 atom stereocenters. The Bertz CT molecular complexity index is 1450. The molecule has 1 amide bonds. The third kappa shape index (κ3) is 5.17. The number of carbonyl (C=O) groups is 1. The van der Waals surface area contributed by atoms with Gasteiger partial charge in [-0.25, -0.2) is 9.37 Å². The molecule has 0 bridgehead atoms. The number of benzene rings is 3. The minimum Gasteiger partial charge on any atom is -0.353 e. The molecular formula is C30H31FN6O. The molecule has 2 saturated heterocycles. The third-order valence-electron chi connectivity index (χ3n) is 7.37. The van der Waals surface area contributed by atoms with Crippen LogP contribution in [0.3, 0.4) is 0 Å². The Morgan fingerprint density at radius 1 is 0.974 bits per heavy atom. The highest BCUT2D eigenvalue weighted by Crippen LogP contribution is 2.28. The SMILES string of the molecule is O=C(Cc1ccccc1-c1cccc(F)c1)N1CC[C@H](Nc2nc(N3CCNCC3)c3ccccc3n2)C1. The molecule has 194 valence electrons. The van der Waals surface area contributed by atoms with E-state index >= 15 is 0 Å². The van der Waals surface area contributed by atoms with Crippen LogP contribution in [0, 0.1) is 5.82 Å². The van der Waals surface area contributed by atoms with Gasteiger partial charge in [-0.15, -0.1) is 0 Å². The number of fused-ring (bicyclic) bond motifs is 1.